The molecule has 3 aromatic rings. The first-order valence-corrected chi connectivity index (χ1v) is 13.9. The summed E-state index contributed by atoms with van der Waals surface area (Å²) in [7, 11) is 0. The van der Waals surface area contributed by atoms with Crippen molar-refractivity contribution in [2.45, 2.75) is 19.3 Å². The molecule has 1 saturated heterocycles. The summed E-state index contributed by atoms with van der Waals surface area (Å²) in [5.74, 6) is -1.03. The van der Waals surface area contributed by atoms with Crippen LogP contribution in [0.1, 0.15) is 19.3 Å². The number of rotatable bonds is 6. The molecule has 0 aromatic heterocycles. The van der Waals surface area contributed by atoms with Crippen LogP contribution in [0, 0.1) is 0 Å². The fourth-order valence-corrected chi connectivity index (χ4v) is 9.62. The first-order chi connectivity index (χ1) is 14.7. The molecule has 3 heteroatoms. The van der Waals surface area contributed by atoms with Crippen LogP contribution >= 0.6 is 17.2 Å². The zero-order valence-corrected chi connectivity index (χ0v) is 18.9. The van der Waals surface area contributed by atoms with Crippen LogP contribution in [0.3, 0.4) is 0 Å². The van der Waals surface area contributed by atoms with Crippen LogP contribution < -0.4 is 15.9 Å². The fraction of sp³-hybridized carbons (Fsp3) is 0.185. The van der Waals surface area contributed by atoms with Gasteiger partial charge < -0.3 is 0 Å². The van der Waals surface area contributed by atoms with Gasteiger partial charge in [-0.05, 0) is 0 Å². The Balaban J connectivity index is 1.87. The molecule has 4 rings (SSSR count). The molecule has 0 unspecified atom stereocenters. The van der Waals surface area contributed by atoms with Crippen molar-refractivity contribution >= 4 is 33.1 Å². The van der Waals surface area contributed by atoms with Crippen molar-refractivity contribution < 1.29 is 0 Å². The molecule has 0 radical (unpaired) electrons. The van der Waals surface area contributed by atoms with Gasteiger partial charge in [0, 0.05) is 0 Å². The maximum atomic E-state index is 7.99. The number of nitrogens with zero attached hydrogens (tertiary/aromatic N) is 1. The Labute approximate surface area is 185 Å². The van der Waals surface area contributed by atoms with Crippen molar-refractivity contribution in [2.75, 3.05) is 13.1 Å². The van der Waals surface area contributed by atoms with E-state index in [2.05, 4.69) is 120 Å². The van der Waals surface area contributed by atoms with Crippen LogP contribution in [0.2, 0.25) is 0 Å². The summed E-state index contributed by atoms with van der Waals surface area (Å²) in [4.78, 5) is 2.41. The topological polar surface area (TPSA) is 3.24 Å². The van der Waals surface area contributed by atoms with E-state index in [1.807, 2.05) is 0 Å². The average molecular weight is 434 g/mol. The molecule has 1 nitrogen and oxygen atoms in total. The minimum absolute atomic E-state index is 1.14. The Morgan fingerprint density at radius 3 is 1.47 bits per heavy atom. The molecule has 1 fully saturated rings. The maximum absolute atomic E-state index is 7.99. The van der Waals surface area contributed by atoms with Gasteiger partial charge in [0.25, 0.3) is 0 Å². The van der Waals surface area contributed by atoms with Gasteiger partial charge in [-0.15, -0.1) is 0 Å². The van der Waals surface area contributed by atoms with Gasteiger partial charge in [0.15, 0.2) is 0 Å². The van der Waals surface area contributed by atoms with Crippen molar-refractivity contribution in [3.05, 3.63) is 115 Å². The van der Waals surface area contributed by atoms with E-state index in [1.54, 1.807) is 0 Å². The second kappa shape index (κ2) is 9.21. The summed E-state index contributed by atoms with van der Waals surface area (Å²) >= 11 is 7.99. The van der Waals surface area contributed by atoms with Crippen LogP contribution in [-0.4, -0.2) is 18.0 Å². The number of halogens is 1. The van der Waals surface area contributed by atoms with E-state index in [9.17, 15) is 0 Å². The van der Waals surface area contributed by atoms with Gasteiger partial charge in [0.2, 0.25) is 0 Å². The van der Waals surface area contributed by atoms with Gasteiger partial charge in [-0.2, -0.15) is 0 Å². The van der Waals surface area contributed by atoms with E-state index in [0.717, 1.165) is 29.0 Å². The Bertz CT molecular complexity index is 893. The third-order valence-electron chi connectivity index (χ3n) is 5.95. The van der Waals surface area contributed by atoms with E-state index in [4.69, 9.17) is 11.2 Å². The van der Waals surface area contributed by atoms with Crippen LogP contribution in [0.5, 0.6) is 0 Å². The third-order valence-corrected chi connectivity index (χ3v) is 12.7. The molecule has 0 aliphatic carbocycles. The first-order valence-electron chi connectivity index (χ1n) is 10.7. The molecule has 0 saturated carbocycles. The van der Waals surface area contributed by atoms with Gasteiger partial charge in [0.05, 0.1) is 0 Å². The van der Waals surface area contributed by atoms with E-state index in [1.165, 1.54) is 19.3 Å². The number of piperidine rings is 1. The van der Waals surface area contributed by atoms with E-state index >= 15 is 0 Å². The molecule has 0 atom stereocenters. The molecular weight excluding hydrogens is 405 g/mol. The molecule has 1 heterocycles. The van der Waals surface area contributed by atoms with Crippen molar-refractivity contribution in [1.29, 1.82) is 0 Å². The predicted molar refractivity (Wildman–Crippen MR) is 135 cm³/mol. The summed E-state index contributed by atoms with van der Waals surface area (Å²) in [6.07, 6.45) is 10.4. The van der Waals surface area contributed by atoms with Crippen molar-refractivity contribution in [3.63, 3.8) is 0 Å². The zero-order chi connectivity index (χ0) is 20.7. The monoisotopic (exact) mass is 433 g/mol. The van der Waals surface area contributed by atoms with Crippen LogP contribution in [0.15, 0.2) is 115 Å². The normalized spacial score (nSPS) is 16.6. The van der Waals surface area contributed by atoms with Gasteiger partial charge >= 0.3 is 186 Å². The van der Waals surface area contributed by atoms with Crippen molar-refractivity contribution in [1.82, 2.24) is 4.90 Å². The van der Waals surface area contributed by atoms with Gasteiger partial charge in [0.1, 0.15) is 0 Å². The summed E-state index contributed by atoms with van der Waals surface area (Å²) in [6.45, 7) is 2.29. The number of hydrogen-bond donors (Lipinski definition) is 0. The molecule has 0 spiro atoms. The minimum atomic E-state index is -3.30. The number of allylic oxidation sites excluding steroid dienone is 2. The molecule has 1 aliphatic rings. The SMILES string of the molecule is ClP(C=CC=CN1CCCCC1)(c1ccccc1)(c1ccccc1)c1ccccc1. The van der Waals surface area contributed by atoms with Crippen molar-refractivity contribution in [2.24, 2.45) is 0 Å². The summed E-state index contributed by atoms with van der Waals surface area (Å²) in [5, 5.41) is 3.47. The average Bonchev–Trinajstić information content (AvgIpc) is 2.84. The number of benzene rings is 3. The standard InChI is InChI=1S/C27H29ClNP/c28-30(25-15-5-1-6-16-25,26-17-7-2-8-18-26,27-19-9-3-10-20-27)24-14-13-23-29-21-11-4-12-22-29/h1-3,5-10,13-20,23-24H,4,11-12,21-22H2. The Morgan fingerprint density at radius 1 is 0.600 bits per heavy atom. The molecule has 1 aliphatic heterocycles. The van der Waals surface area contributed by atoms with E-state index < -0.39 is 5.96 Å². The molecule has 30 heavy (non-hydrogen) atoms. The third kappa shape index (κ3) is 3.97. The quantitative estimate of drug-likeness (QED) is 0.331. The Kier molecular flexibility index (Phi) is 6.42. The molecule has 0 N–H and O–H groups in total. The van der Waals surface area contributed by atoms with E-state index in [0.29, 0.717) is 0 Å². The summed E-state index contributed by atoms with van der Waals surface area (Å²) in [6, 6.07) is 31.7. The first kappa shape index (κ1) is 20.9. The van der Waals surface area contributed by atoms with Gasteiger partial charge in [-0.1, -0.05) is 0 Å². The summed E-state index contributed by atoms with van der Waals surface area (Å²) < 4.78 is 0. The molecule has 0 amide bonds. The van der Waals surface area contributed by atoms with Crippen LogP contribution in [-0.2, 0) is 0 Å². The fourth-order valence-electron chi connectivity index (χ4n) is 4.31. The van der Waals surface area contributed by atoms with E-state index in [-0.39, 0.29) is 0 Å². The van der Waals surface area contributed by atoms with Gasteiger partial charge in [-0.3, -0.25) is 0 Å². The summed E-state index contributed by atoms with van der Waals surface area (Å²) in [5.41, 5.74) is 0. The molecule has 154 valence electrons. The number of hydrogen-bond acceptors (Lipinski definition) is 1. The van der Waals surface area contributed by atoms with Gasteiger partial charge in [-0.25, -0.2) is 0 Å². The Hall–Kier alpha value is -2.34. The van der Waals surface area contributed by atoms with Crippen LogP contribution in [0.25, 0.3) is 0 Å². The predicted octanol–water partition coefficient (Wildman–Crippen LogP) is 6.18. The van der Waals surface area contributed by atoms with Crippen LogP contribution in [0.4, 0.5) is 0 Å². The Morgan fingerprint density at radius 2 is 1.03 bits per heavy atom. The zero-order valence-electron chi connectivity index (χ0n) is 17.3. The second-order valence-corrected chi connectivity index (χ2v) is 14.0. The molecule has 3 aromatic carbocycles. The van der Waals surface area contributed by atoms with Crippen molar-refractivity contribution in [3.8, 4) is 0 Å². The number of likely N-dealkylation sites (tertiary alicyclic amines) is 1. The molecular formula is C27H29ClNP. The second-order valence-electron chi connectivity index (χ2n) is 7.86. The molecule has 0 bridgehead atoms.